The van der Waals surface area contributed by atoms with E-state index in [1.807, 2.05) is 91.0 Å². The Morgan fingerprint density at radius 3 is 2.00 bits per heavy atom. The van der Waals surface area contributed by atoms with E-state index in [2.05, 4.69) is 28.8 Å². The van der Waals surface area contributed by atoms with E-state index in [4.69, 9.17) is 0 Å². The third-order valence-corrected chi connectivity index (χ3v) is 9.10. The van der Waals surface area contributed by atoms with E-state index in [1.54, 1.807) is 19.1 Å². The van der Waals surface area contributed by atoms with Gasteiger partial charge in [0, 0.05) is 22.0 Å². The summed E-state index contributed by atoms with van der Waals surface area (Å²) in [5.41, 5.74) is 5.63. The summed E-state index contributed by atoms with van der Waals surface area (Å²) in [6, 6.07) is 41.5. The van der Waals surface area contributed by atoms with Crippen molar-refractivity contribution in [1.29, 1.82) is 0 Å². The lowest BCUT2D eigenvalue weighted by Gasteiger charge is -2.17. The lowest BCUT2D eigenvalue weighted by molar-refractivity contribution is 0.586. The molecule has 0 aliphatic heterocycles. The monoisotopic (exact) mass is 487 g/mol. The van der Waals surface area contributed by atoms with E-state index in [0.717, 1.165) is 44.2 Å². The number of sulfone groups is 1. The second kappa shape index (κ2) is 8.81. The number of nitrogens with zero attached hydrogens (tertiary/aromatic N) is 1. The molecular weight excluding hydrogens is 462 g/mol. The highest BCUT2D eigenvalue weighted by atomic mass is 32.2. The van der Waals surface area contributed by atoms with E-state index < -0.39 is 15.1 Å². The van der Waals surface area contributed by atoms with Crippen LogP contribution in [0.1, 0.15) is 17.7 Å². The standard InChI is InChI=1S/C32H25NO2S/c1-23(36(34,35)32-19-11-9-16-27(32)24-12-4-2-5-13-24)25-20-21-31-29(22-25)28-17-8-10-18-30(28)33(31)26-14-6-3-7-15-26/h2-23H,1H3. The summed E-state index contributed by atoms with van der Waals surface area (Å²) in [5.74, 6) is 0. The van der Waals surface area contributed by atoms with Crippen LogP contribution in [0.3, 0.4) is 0 Å². The Labute approximate surface area is 211 Å². The van der Waals surface area contributed by atoms with Crippen LogP contribution in [-0.4, -0.2) is 13.0 Å². The van der Waals surface area contributed by atoms with Crippen molar-refractivity contribution in [2.24, 2.45) is 0 Å². The van der Waals surface area contributed by atoms with Crippen LogP contribution in [-0.2, 0) is 9.84 Å². The van der Waals surface area contributed by atoms with Gasteiger partial charge in [0.05, 0.1) is 21.2 Å². The summed E-state index contributed by atoms with van der Waals surface area (Å²) in [7, 11) is -3.64. The molecule has 0 bridgehead atoms. The summed E-state index contributed by atoms with van der Waals surface area (Å²) in [6.45, 7) is 1.79. The Morgan fingerprint density at radius 2 is 1.22 bits per heavy atom. The molecule has 1 unspecified atom stereocenters. The largest absolute Gasteiger partial charge is 0.309 e. The molecule has 0 aliphatic rings. The van der Waals surface area contributed by atoms with E-state index in [9.17, 15) is 8.42 Å². The Balaban J connectivity index is 1.51. The molecule has 36 heavy (non-hydrogen) atoms. The summed E-state index contributed by atoms with van der Waals surface area (Å²) >= 11 is 0. The first-order valence-electron chi connectivity index (χ1n) is 12.0. The lowest BCUT2D eigenvalue weighted by Crippen LogP contribution is -2.12. The second-order valence-corrected chi connectivity index (χ2v) is 11.3. The summed E-state index contributed by atoms with van der Waals surface area (Å²) in [5, 5.41) is 1.45. The van der Waals surface area contributed by atoms with E-state index in [-0.39, 0.29) is 0 Å². The molecule has 0 spiro atoms. The zero-order valence-corrected chi connectivity index (χ0v) is 20.7. The SMILES string of the molecule is CC(c1ccc2c(c1)c1ccccc1n2-c1ccccc1)S(=O)(=O)c1ccccc1-c1ccccc1. The van der Waals surface area contributed by atoms with Crippen molar-refractivity contribution >= 4 is 31.6 Å². The average molecular weight is 488 g/mol. The van der Waals surface area contributed by atoms with Crippen LogP contribution < -0.4 is 0 Å². The fourth-order valence-corrected chi connectivity index (χ4v) is 6.69. The number of fused-ring (bicyclic) bond motifs is 3. The van der Waals surface area contributed by atoms with Gasteiger partial charge >= 0.3 is 0 Å². The Bertz CT molecular complexity index is 1800. The fraction of sp³-hybridized carbons (Fsp3) is 0.0625. The molecule has 1 atom stereocenters. The van der Waals surface area contributed by atoms with Gasteiger partial charge in [0.2, 0.25) is 0 Å². The Hall–Kier alpha value is -4.15. The van der Waals surface area contributed by atoms with E-state index in [0.29, 0.717) is 4.90 Å². The number of aromatic nitrogens is 1. The predicted octanol–water partition coefficient (Wildman–Crippen LogP) is 7.99. The molecule has 0 aliphatic carbocycles. The minimum Gasteiger partial charge on any atom is -0.309 e. The number of hydrogen-bond acceptors (Lipinski definition) is 2. The van der Waals surface area contributed by atoms with E-state index in [1.165, 1.54) is 0 Å². The molecule has 0 radical (unpaired) electrons. The molecule has 6 rings (SSSR count). The first-order chi connectivity index (χ1) is 17.6. The average Bonchev–Trinajstić information content (AvgIpc) is 3.27. The van der Waals surface area contributed by atoms with Crippen LogP contribution in [0.4, 0.5) is 0 Å². The van der Waals surface area contributed by atoms with Gasteiger partial charge in [-0.05, 0) is 54.4 Å². The van der Waals surface area contributed by atoms with Crippen LogP contribution >= 0.6 is 0 Å². The first-order valence-corrected chi connectivity index (χ1v) is 13.6. The molecule has 5 aromatic carbocycles. The van der Waals surface area contributed by atoms with Crippen molar-refractivity contribution in [2.75, 3.05) is 0 Å². The molecule has 0 saturated carbocycles. The third kappa shape index (κ3) is 3.62. The highest BCUT2D eigenvalue weighted by Crippen LogP contribution is 2.38. The zero-order valence-electron chi connectivity index (χ0n) is 19.9. The van der Waals surface area contributed by atoms with Gasteiger partial charge in [-0.25, -0.2) is 8.42 Å². The highest BCUT2D eigenvalue weighted by molar-refractivity contribution is 7.91. The number of benzene rings is 5. The molecule has 0 amide bonds. The van der Waals surface area contributed by atoms with Crippen molar-refractivity contribution in [3.05, 3.63) is 133 Å². The van der Waals surface area contributed by atoms with Crippen molar-refractivity contribution in [3.8, 4) is 16.8 Å². The minimum atomic E-state index is -3.64. The number of para-hydroxylation sites is 2. The van der Waals surface area contributed by atoms with Crippen LogP contribution in [0.15, 0.2) is 132 Å². The van der Waals surface area contributed by atoms with Crippen molar-refractivity contribution in [3.63, 3.8) is 0 Å². The third-order valence-electron chi connectivity index (χ3n) is 6.92. The molecule has 4 heteroatoms. The molecule has 3 nitrogen and oxygen atoms in total. The maximum Gasteiger partial charge on any atom is 0.185 e. The number of hydrogen-bond donors (Lipinski definition) is 0. The topological polar surface area (TPSA) is 39.1 Å². The minimum absolute atomic E-state index is 0.357. The molecule has 176 valence electrons. The van der Waals surface area contributed by atoms with Gasteiger partial charge in [0.1, 0.15) is 0 Å². The zero-order chi connectivity index (χ0) is 24.7. The second-order valence-electron chi connectivity index (χ2n) is 9.01. The van der Waals surface area contributed by atoms with Gasteiger partial charge in [0.15, 0.2) is 9.84 Å². The van der Waals surface area contributed by atoms with E-state index >= 15 is 0 Å². The summed E-state index contributed by atoms with van der Waals surface area (Å²) in [4.78, 5) is 0.357. The van der Waals surface area contributed by atoms with Crippen LogP contribution in [0.25, 0.3) is 38.6 Å². The fourth-order valence-electron chi connectivity index (χ4n) is 5.04. The molecule has 6 aromatic rings. The molecular formula is C32H25NO2S. The normalized spacial score (nSPS) is 12.7. The van der Waals surface area contributed by atoms with Crippen molar-refractivity contribution in [2.45, 2.75) is 17.1 Å². The number of rotatable bonds is 5. The highest BCUT2D eigenvalue weighted by Gasteiger charge is 2.28. The first kappa shape index (κ1) is 22.3. The maximum absolute atomic E-state index is 13.9. The van der Waals surface area contributed by atoms with Gasteiger partial charge in [0.25, 0.3) is 0 Å². The van der Waals surface area contributed by atoms with Crippen LogP contribution in [0.2, 0.25) is 0 Å². The van der Waals surface area contributed by atoms with Gasteiger partial charge < -0.3 is 4.57 Å². The molecule has 0 fully saturated rings. The van der Waals surface area contributed by atoms with Crippen LogP contribution in [0, 0.1) is 0 Å². The van der Waals surface area contributed by atoms with Gasteiger partial charge in [-0.15, -0.1) is 0 Å². The maximum atomic E-state index is 13.9. The smallest absolute Gasteiger partial charge is 0.185 e. The van der Waals surface area contributed by atoms with Crippen LogP contribution in [0.5, 0.6) is 0 Å². The quantitative estimate of drug-likeness (QED) is 0.247. The predicted molar refractivity (Wildman–Crippen MR) is 148 cm³/mol. The van der Waals surface area contributed by atoms with Gasteiger partial charge in [-0.2, -0.15) is 0 Å². The Morgan fingerprint density at radius 1 is 0.611 bits per heavy atom. The van der Waals surface area contributed by atoms with Crippen molar-refractivity contribution < 1.29 is 8.42 Å². The van der Waals surface area contributed by atoms with Gasteiger partial charge in [-0.1, -0.05) is 91.0 Å². The van der Waals surface area contributed by atoms with Gasteiger partial charge in [-0.3, -0.25) is 0 Å². The summed E-state index contributed by atoms with van der Waals surface area (Å²) < 4.78 is 30.1. The molecule has 1 heterocycles. The Kier molecular flexibility index (Phi) is 5.46. The molecule has 0 saturated heterocycles. The molecule has 0 N–H and O–H groups in total. The lowest BCUT2D eigenvalue weighted by atomic mass is 10.1. The molecule has 1 aromatic heterocycles. The summed E-state index contributed by atoms with van der Waals surface area (Å²) in [6.07, 6.45) is 0. The van der Waals surface area contributed by atoms with Crippen molar-refractivity contribution in [1.82, 2.24) is 4.57 Å².